The molecule has 0 saturated carbocycles. The summed E-state index contributed by atoms with van der Waals surface area (Å²) in [5.74, 6) is 1.56. The predicted octanol–water partition coefficient (Wildman–Crippen LogP) is 1.24. The van der Waals surface area contributed by atoms with E-state index in [0.717, 1.165) is 57.7 Å². The number of aromatic nitrogens is 3. The van der Waals surface area contributed by atoms with Crippen molar-refractivity contribution in [2.45, 2.75) is 38.5 Å². The molecule has 3 rings (SSSR count). The Kier molecular flexibility index (Phi) is 3.97. The van der Waals surface area contributed by atoms with Crippen LogP contribution in [0, 0.1) is 5.41 Å². The molecule has 1 amide bonds. The number of rotatable bonds is 2. The molecule has 2 saturated heterocycles. The van der Waals surface area contributed by atoms with Crippen molar-refractivity contribution in [2.75, 3.05) is 33.2 Å². The summed E-state index contributed by atoms with van der Waals surface area (Å²) in [4.78, 5) is 21.6. The summed E-state index contributed by atoms with van der Waals surface area (Å²) < 4.78 is 0. The zero-order chi connectivity index (χ0) is 14.9. The highest BCUT2D eigenvalue weighted by Gasteiger charge is 2.40. The van der Waals surface area contributed by atoms with Crippen molar-refractivity contribution in [3.8, 4) is 0 Å². The highest BCUT2D eigenvalue weighted by atomic mass is 16.2. The van der Waals surface area contributed by atoms with Gasteiger partial charge in [-0.05, 0) is 45.8 Å². The minimum atomic E-state index is -0.185. The molecule has 1 N–H and O–H groups in total. The molecular weight excluding hydrogens is 266 g/mol. The average molecular weight is 291 g/mol. The number of H-pyrrole nitrogens is 1. The van der Waals surface area contributed by atoms with Crippen LogP contribution >= 0.6 is 0 Å². The summed E-state index contributed by atoms with van der Waals surface area (Å²) in [6.07, 6.45) is 5.61. The number of hydrogen-bond donors (Lipinski definition) is 1. The summed E-state index contributed by atoms with van der Waals surface area (Å²) in [6, 6.07) is 0. The Morgan fingerprint density at radius 2 is 2.14 bits per heavy atom. The van der Waals surface area contributed by atoms with Crippen molar-refractivity contribution in [2.24, 2.45) is 5.41 Å². The molecule has 2 aliphatic rings. The predicted molar refractivity (Wildman–Crippen MR) is 79.8 cm³/mol. The van der Waals surface area contributed by atoms with Crippen molar-refractivity contribution in [1.82, 2.24) is 25.0 Å². The number of likely N-dealkylation sites (tertiary alicyclic amines) is 2. The molecule has 3 heterocycles. The normalized spacial score (nSPS) is 26.8. The molecule has 0 bridgehead atoms. The first-order chi connectivity index (χ1) is 10.1. The Balaban J connectivity index is 1.67. The minimum Gasteiger partial charge on any atom is -0.341 e. The van der Waals surface area contributed by atoms with Gasteiger partial charge in [0.2, 0.25) is 5.91 Å². The molecule has 6 nitrogen and oxygen atoms in total. The van der Waals surface area contributed by atoms with Crippen LogP contribution in [0.1, 0.15) is 44.3 Å². The number of carbonyl (C=O) groups is 1. The van der Waals surface area contributed by atoms with Gasteiger partial charge in [0.1, 0.15) is 12.2 Å². The summed E-state index contributed by atoms with van der Waals surface area (Å²) in [5.41, 5.74) is -0.185. The molecular formula is C15H25N5O. The smallest absolute Gasteiger partial charge is 0.228 e. The second kappa shape index (κ2) is 5.75. The number of aromatic amines is 1. The molecule has 0 aliphatic carbocycles. The lowest BCUT2D eigenvalue weighted by atomic mass is 9.78. The third-order valence-electron chi connectivity index (χ3n) is 5.14. The third kappa shape index (κ3) is 2.95. The molecule has 6 heteroatoms. The highest BCUT2D eigenvalue weighted by Crippen LogP contribution is 2.35. The van der Waals surface area contributed by atoms with Crippen molar-refractivity contribution >= 4 is 5.91 Å². The van der Waals surface area contributed by atoms with Gasteiger partial charge < -0.3 is 9.80 Å². The first-order valence-corrected chi connectivity index (χ1v) is 7.92. The van der Waals surface area contributed by atoms with E-state index in [9.17, 15) is 4.79 Å². The maximum Gasteiger partial charge on any atom is 0.228 e. The number of carbonyl (C=O) groups excluding carboxylic acids is 1. The van der Waals surface area contributed by atoms with E-state index in [-0.39, 0.29) is 5.41 Å². The Labute approximate surface area is 125 Å². The zero-order valence-electron chi connectivity index (χ0n) is 13.0. The van der Waals surface area contributed by atoms with Gasteiger partial charge in [0, 0.05) is 24.4 Å². The molecule has 2 fully saturated rings. The summed E-state index contributed by atoms with van der Waals surface area (Å²) >= 11 is 0. The summed E-state index contributed by atoms with van der Waals surface area (Å²) in [7, 11) is 2.13. The number of hydrogen-bond acceptors (Lipinski definition) is 4. The van der Waals surface area contributed by atoms with Crippen LogP contribution in [-0.4, -0.2) is 64.1 Å². The van der Waals surface area contributed by atoms with Gasteiger partial charge in [-0.25, -0.2) is 4.98 Å². The van der Waals surface area contributed by atoms with Crippen LogP contribution in [0.5, 0.6) is 0 Å². The van der Waals surface area contributed by atoms with Gasteiger partial charge in [0.25, 0.3) is 0 Å². The molecule has 0 spiro atoms. The molecule has 1 aromatic heterocycles. The SMILES string of the molecule is CN1CCC(C)(C(=O)N2CCC[C@@H](c3ncn[nH]3)C2)CC1. The van der Waals surface area contributed by atoms with E-state index in [0.29, 0.717) is 11.8 Å². The van der Waals surface area contributed by atoms with E-state index in [2.05, 4.69) is 39.0 Å². The van der Waals surface area contributed by atoms with Crippen LogP contribution < -0.4 is 0 Å². The van der Waals surface area contributed by atoms with Gasteiger partial charge in [-0.2, -0.15) is 5.10 Å². The van der Waals surface area contributed by atoms with E-state index in [1.54, 1.807) is 6.33 Å². The summed E-state index contributed by atoms with van der Waals surface area (Å²) in [5, 5.41) is 6.89. The lowest BCUT2D eigenvalue weighted by molar-refractivity contribution is -0.145. The standard InChI is InChI=1S/C15H25N5O/c1-15(5-8-19(2)9-6-15)14(21)20-7-3-4-12(10-20)13-16-11-17-18-13/h11-12H,3-10H2,1-2H3,(H,16,17,18)/t12-/m1/s1. The van der Waals surface area contributed by atoms with Gasteiger partial charge in [-0.1, -0.05) is 6.92 Å². The number of nitrogens with zero attached hydrogens (tertiary/aromatic N) is 4. The van der Waals surface area contributed by atoms with Crippen molar-refractivity contribution in [3.05, 3.63) is 12.2 Å². The van der Waals surface area contributed by atoms with Gasteiger partial charge in [0.15, 0.2) is 0 Å². The number of amides is 1. The molecule has 1 atom stereocenters. The Morgan fingerprint density at radius 1 is 1.38 bits per heavy atom. The highest BCUT2D eigenvalue weighted by molar-refractivity contribution is 5.82. The largest absolute Gasteiger partial charge is 0.341 e. The van der Waals surface area contributed by atoms with Crippen molar-refractivity contribution in [3.63, 3.8) is 0 Å². The maximum absolute atomic E-state index is 13.0. The number of nitrogens with one attached hydrogen (secondary N) is 1. The molecule has 0 radical (unpaired) electrons. The fraction of sp³-hybridized carbons (Fsp3) is 0.800. The van der Waals surface area contributed by atoms with Crippen LogP contribution in [0.2, 0.25) is 0 Å². The van der Waals surface area contributed by atoms with Crippen molar-refractivity contribution < 1.29 is 4.79 Å². The fourth-order valence-electron chi connectivity index (χ4n) is 3.50. The monoisotopic (exact) mass is 291 g/mol. The van der Waals surface area contributed by atoms with Gasteiger partial charge in [-0.3, -0.25) is 9.89 Å². The van der Waals surface area contributed by atoms with E-state index in [1.165, 1.54) is 0 Å². The van der Waals surface area contributed by atoms with E-state index in [1.807, 2.05) is 0 Å². The quantitative estimate of drug-likeness (QED) is 0.890. The van der Waals surface area contributed by atoms with E-state index >= 15 is 0 Å². The van der Waals surface area contributed by atoms with Gasteiger partial charge in [0.05, 0.1) is 0 Å². The van der Waals surface area contributed by atoms with E-state index in [4.69, 9.17) is 0 Å². The lowest BCUT2D eigenvalue weighted by Gasteiger charge is -2.42. The van der Waals surface area contributed by atoms with Crippen LogP contribution in [0.25, 0.3) is 0 Å². The molecule has 1 aromatic rings. The molecule has 116 valence electrons. The van der Waals surface area contributed by atoms with Gasteiger partial charge >= 0.3 is 0 Å². The van der Waals surface area contributed by atoms with Crippen molar-refractivity contribution in [1.29, 1.82) is 0 Å². The fourth-order valence-corrected chi connectivity index (χ4v) is 3.50. The topological polar surface area (TPSA) is 65.1 Å². The van der Waals surface area contributed by atoms with Gasteiger partial charge in [-0.15, -0.1) is 0 Å². The third-order valence-corrected chi connectivity index (χ3v) is 5.14. The molecule has 0 aromatic carbocycles. The Hall–Kier alpha value is -1.43. The van der Waals surface area contributed by atoms with Crippen LogP contribution in [0.4, 0.5) is 0 Å². The second-order valence-corrected chi connectivity index (χ2v) is 6.82. The minimum absolute atomic E-state index is 0.185. The Bertz CT molecular complexity index is 478. The molecule has 21 heavy (non-hydrogen) atoms. The first kappa shape index (κ1) is 14.5. The van der Waals surface area contributed by atoms with Crippen LogP contribution in [0.3, 0.4) is 0 Å². The molecule has 0 unspecified atom stereocenters. The van der Waals surface area contributed by atoms with Crippen LogP contribution in [-0.2, 0) is 4.79 Å². The molecule has 2 aliphatic heterocycles. The maximum atomic E-state index is 13.0. The van der Waals surface area contributed by atoms with Crippen LogP contribution in [0.15, 0.2) is 6.33 Å². The van der Waals surface area contributed by atoms with E-state index < -0.39 is 0 Å². The Morgan fingerprint density at radius 3 is 2.81 bits per heavy atom. The first-order valence-electron chi connectivity index (χ1n) is 7.92. The summed E-state index contributed by atoms with van der Waals surface area (Å²) in [6.45, 7) is 5.83. The zero-order valence-corrected chi connectivity index (χ0v) is 13.0. The second-order valence-electron chi connectivity index (χ2n) is 6.82. The average Bonchev–Trinajstić information content (AvgIpc) is 3.04. The lowest BCUT2D eigenvalue weighted by Crippen LogP contribution is -2.50. The number of piperidine rings is 2.